The van der Waals surface area contributed by atoms with Crippen molar-refractivity contribution in [2.45, 2.75) is 13.5 Å². The number of hydrogen-bond donors (Lipinski definition) is 1. The fourth-order valence-corrected chi connectivity index (χ4v) is 1.77. The van der Waals surface area contributed by atoms with Crippen LogP contribution in [0.15, 0.2) is 34.8 Å². The van der Waals surface area contributed by atoms with E-state index in [0.29, 0.717) is 18.3 Å². The van der Waals surface area contributed by atoms with E-state index in [4.69, 9.17) is 10.5 Å². The van der Waals surface area contributed by atoms with E-state index in [1.807, 2.05) is 37.3 Å². The molecule has 0 fully saturated rings. The molecule has 1 aromatic carbocycles. The highest BCUT2D eigenvalue weighted by Crippen LogP contribution is 2.22. The second-order valence-electron chi connectivity index (χ2n) is 3.55. The van der Waals surface area contributed by atoms with Gasteiger partial charge < -0.3 is 10.5 Å². The second-order valence-corrected chi connectivity index (χ2v) is 4.46. The van der Waals surface area contributed by atoms with Gasteiger partial charge in [-0.25, -0.2) is 4.98 Å². The molecule has 0 aliphatic carbocycles. The normalized spacial score (nSPS) is 10.3. The van der Waals surface area contributed by atoms with E-state index in [1.165, 1.54) is 0 Å². The number of nitrogens with zero attached hydrogens (tertiary/aromatic N) is 2. The number of hydrogen-bond acceptors (Lipinski definition) is 4. The van der Waals surface area contributed by atoms with E-state index < -0.39 is 0 Å². The van der Waals surface area contributed by atoms with E-state index in [1.54, 1.807) is 0 Å². The van der Waals surface area contributed by atoms with Crippen molar-refractivity contribution in [3.8, 4) is 11.8 Å². The molecule has 0 atom stereocenters. The van der Waals surface area contributed by atoms with E-state index in [0.717, 1.165) is 15.9 Å². The summed E-state index contributed by atoms with van der Waals surface area (Å²) in [6.45, 7) is 2.26. The van der Waals surface area contributed by atoms with Gasteiger partial charge in [0.15, 0.2) is 0 Å². The summed E-state index contributed by atoms with van der Waals surface area (Å²) in [5.41, 5.74) is 7.16. The Morgan fingerprint density at radius 1 is 1.29 bits per heavy atom. The predicted molar refractivity (Wildman–Crippen MR) is 68.9 cm³/mol. The van der Waals surface area contributed by atoms with Crippen LogP contribution in [-0.2, 0) is 6.54 Å². The lowest BCUT2D eigenvalue weighted by molar-refractivity contribution is 0.437. The summed E-state index contributed by atoms with van der Waals surface area (Å²) in [4.78, 5) is 8.41. The summed E-state index contributed by atoms with van der Waals surface area (Å²) in [5.74, 6) is 0.688. The Bertz CT molecular complexity index is 531. The Labute approximate surface area is 108 Å². The molecule has 2 N–H and O–H groups in total. The first-order chi connectivity index (χ1) is 8.17. The van der Waals surface area contributed by atoms with Crippen LogP contribution in [-0.4, -0.2) is 9.97 Å². The number of nitrogens with two attached hydrogens (primary N) is 1. The number of aryl methyl sites for hydroxylation is 1. The lowest BCUT2D eigenvalue weighted by Gasteiger charge is -2.06. The third kappa shape index (κ3) is 3.25. The van der Waals surface area contributed by atoms with Crippen molar-refractivity contribution in [1.82, 2.24) is 9.97 Å². The number of aromatic nitrogens is 2. The van der Waals surface area contributed by atoms with Gasteiger partial charge in [-0.05, 0) is 31.2 Å². The van der Waals surface area contributed by atoms with Gasteiger partial charge in [-0.2, -0.15) is 4.98 Å². The Balaban J connectivity index is 2.26. The molecular weight excluding hydrogens is 282 g/mol. The van der Waals surface area contributed by atoms with Crippen LogP contribution in [0, 0.1) is 6.92 Å². The molecule has 0 aliphatic rings. The van der Waals surface area contributed by atoms with Crippen molar-refractivity contribution in [2.24, 2.45) is 5.73 Å². The van der Waals surface area contributed by atoms with Gasteiger partial charge in [-0.1, -0.05) is 22.0 Å². The summed E-state index contributed by atoms with van der Waals surface area (Å²) in [5, 5.41) is 0. The molecule has 0 bridgehead atoms. The average molecular weight is 294 g/mol. The molecule has 2 rings (SSSR count). The van der Waals surface area contributed by atoms with Gasteiger partial charge in [0, 0.05) is 16.7 Å². The molecule has 0 radical (unpaired) electrons. The highest BCUT2D eigenvalue weighted by atomic mass is 79.9. The van der Waals surface area contributed by atoms with Crippen LogP contribution in [0.25, 0.3) is 0 Å². The van der Waals surface area contributed by atoms with E-state index in [-0.39, 0.29) is 0 Å². The Hall–Kier alpha value is -1.46. The van der Waals surface area contributed by atoms with Crippen molar-refractivity contribution < 1.29 is 4.74 Å². The first kappa shape index (κ1) is 12.0. The summed E-state index contributed by atoms with van der Waals surface area (Å²) >= 11 is 3.38. The van der Waals surface area contributed by atoms with Crippen molar-refractivity contribution in [3.63, 3.8) is 0 Å². The Morgan fingerprint density at radius 3 is 2.82 bits per heavy atom. The molecule has 2 aromatic rings. The topological polar surface area (TPSA) is 61.0 Å². The van der Waals surface area contributed by atoms with E-state index >= 15 is 0 Å². The zero-order valence-electron chi connectivity index (χ0n) is 9.35. The van der Waals surface area contributed by atoms with Crippen LogP contribution in [0.2, 0.25) is 0 Å². The Morgan fingerprint density at radius 2 is 2.12 bits per heavy atom. The average Bonchev–Trinajstić information content (AvgIpc) is 2.28. The minimum absolute atomic E-state index is 0.323. The zero-order valence-corrected chi connectivity index (χ0v) is 10.9. The number of halogens is 1. The number of rotatable bonds is 3. The maximum Gasteiger partial charge on any atom is 0.322 e. The van der Waals surface area contributed by atoms with Gasteiger partial charge in [0.2, 0.25) is 0 Å². The molecule has 0 saturated heterocycles. The molecule has 1 heterocycles. The van der Waals surface area contributed by atoms with E-state index in [2.05, 4.69) is 25.9 Å². The summed E-state index contributed by atoms with van der Waals surface area (Å²) in [6, 6.07) is 9.68. The van der Waals surface area contributed by atoms with Crippen LogP contribution >= 0.6 is 15.9 Å². The monoisotopic (exact) mass is 293 g/mol. The van der Waals surface area contributed by atoms with Gasteiger partial charge >= 0.3 is 6.01 Å². The highest BCUT2D eigenvalue weighted by Gasteiger charge is 2.04. The summed E-state index contributed by atoms with van der Waals surface area (Å²) in [7, 11) is 0. The lowest BCUT2D eigenvalue weighted by Crippen LogP contribution is -2.03. The largest absolute Gasteiger partial charge is 0.424 e. The van der Waals surface area contributed by atoms with Gasteiger partial charge in [-0.15, -0.1) is 0 Å². The molecule has 0 amide bonds. The van der Waals surface area contributed by atoms with Gasteiger partial charge in [0.1, 0.15) is 5.75 Å². The minimum Gasteiger partial charge on any atom is -0.424 e. The fourth-order valence-electron chi connectivity index (χ4n) is 1.39. The van der Waals surface area contributed by atoms with Gasteiger partial charge in [-0.3, -0.25) is 0 Å². The quantitative estimate of drug-likeness (QED) is 0.945. The predicted octanol–water partition coefficient (Wildman–Crippen LogP) is 2.80. The molecule has 17 heavy (non-hydrogen) atoms. The maximum atomic E-state index is 5.57. The van der Waals surface area contributed by atoms with Gasteiger partial charge in [0.25, 0.3) is 0 Å². The molecule has 5 heteroatoms. The van der Waals surface area contributed by atoms with Crippen LogP contribution in [0.1, 0.15) is 11.4 Å². The molecule has 0 saturated carbocycles. The van der Waals surface area contributed by atoms with Crippen LogP contribution in [0.4, 0.5) is 0 Å². The second kappa shape index (κ2) is 5.25. The number of benzene rings is 1. The highest BCUT2D eigenvalue weighted by molar-refractivity contribution is 9.10. The molecular formula is C12H12BrN3O. The van der Waals surface area contributed by atoms with Crippen molar-refractivity contribution >= 4 is 15.9 Å². The maximum absolute atomic E-state index is 5.57. The van der Waals surface area contributed by atoms with Crippen molar-refractivity contribution in [1.29, 1.82) is 0 Å². The van der Waals surface area contributed by atoms with Crippen LogP contribution in [0.5, 0.6) is 11.8 Å². The van der Waals surface area contributed by atoms with Gasteiger partial charge in [0.05, 0.1) is 5.69 Å². The zero-order chi connectivity index (χ0) is 12.3. The molecule has 4 nitrogen and oxygen atoms in total. The molecule has 0 aliphatic heterocycles. The molecule has 0 unspecified atom stereocenters. The Kier molecular flexibility index (Phi) is 3.71. The van der Waals surface area contributed by atoms with Crippen LogP contribution < -0.4 is 10.5 Å². The third-order valence-corrected chi connectivity index (χ3v) is 2.59. The van der Waals surface area contributed by atoms with Crippen molar-refractivity contribution in [2.75, 3.05) is 0 Å². The minimum atomic E-state index is 0.323. The fraction of sp³-hybridized carbons (Fsp3) is 0.167. The molecule has 0 spiro atoms. The van der Waals surface area contributed by atoms with Crippen LogP contribution in [0.3, 0.4) is 0 Å². The smallest absolute Gasteiger partial charge is 0.322 e. The SMILES string of the molecule is Cc1cc(CN)nc(Oc2cccc(Br)c2)n1. The molecule has 88 valence electrons. The van der Waals surface area contributed by atoms with Crippen molar-refractivity contribution in [3.05, 3.63) is 46.2 Å². The molecule has 1 aromatic heterocycles. The summed E-state index contributed by atoms with van der Waals surface area (Å²) in [6.07, 6.45) is 0. The standard InChI is InChI=1S/C12H12BrN3O/c1-8-5-10(7-14)16-12(15-8)17-11-4-2-3-9(13)6-11/h2-6H,7,14H2,1H3. The summed E-state index contributed by atoms with van der Waals surface area (Å²) < 4.78 is 6.52. The number of ether oxygens (including phenoxy) is 1. The first-order valence-corrected chi connectivity index (χ1v) is 5.95. The third-order valence-electron chi connectivity index (χ3n) is 2.10. The lowest BCUT2D eigenvalue weighted by atomic mass is 10.3. The van der Waals surface area contributed by atoms with E-state index in [9.17, 15) is 0 Å². The first-order valence-electron chi connectivity index (χ1n) is 5.15.